The van der Waals surface area contributed by atoms with Crippen LogP contribution in [0.3, 0.4) is 0 Å². The van der Waals surface area contributed by atoms with E-state index < -0.39 is 0 Å². The highest BCUT2D eigenvalue weighted by molar-refractivity contribution is 5.36. The lowest BCUT2D eigenvalue weighted by molar-refractivity contribution is 0.245. The van der Waals surface area contributed by atoms with E-state index in [1.807, 2.05) is 0 Å². The summed E-state index contributed by atoms with van der Waals surface area (Å²) in [6, 6.07) is 8.59. The molecule has 1 saturated carbocycles. The molecule has 1 aromatic rings. The van der Waals surface area contributed by atoms with Gasteiger partial charge < -0.3 is 9.47 Å². The van der Waals surface area contributed by atoms with E-state index in [4.69, 9.17) is 9.47 Å². The van der Waals surface area contributed by atoms with Crippen LogP contribution in [0.25, 0.3) is 0 Å². The molecule has 0 N–H and O–H groups in total. The topological polar surface area (TPSA) is 21.8 Å². The Morgan fingerprint density at radius 2 is 1.86 bits per heavy atom. The summed E-state index contributed by atoms with van der Waals surface area (Å²) >= 11 is 0. The van der Waals surface area contributed by atoms with Crippen LogP contribution in [0.15, 0.2) is 24.3 Å². The number of hydrogen-bond donors (Lipinski definition) is 0. The summed E-state index contributed by atoms with van der Waals surface area (Å²) < 4.78 is 11.7. The molecular weight excluding hydrogens is 260 g/mol. The Morgan fingerprint density at radius 3 is 2.57 bits per heavy atom. The highest BCUT2D eigenvalue weighted by atomic mass is 16.6. The maximum absolute atomic E-state index is 5.88. The smallest absolute Gasteiger partial charge is 0.122 e. The molecule has 2 unspecified atom stereocenters. The lowest BCUT2D eigenvalue weighted by Gasteiger charge is -2.29. The van der Waals surface area contributed by atoms with Crippen molar-refractivity contribution in [1.29, 1.82) is 0 Å². The summed E-state index contributed by atoms with van der Waals surface area (Å²) in [5.74, 6) is 2.57. The molecule has 0 amide bonds. The Kier molecular flexibility index (Phi) is 4.84. The predicted octanol–water partition coefficient (Wildman–Crippen LogP) is 4.93. The molecular formula is C19H28O2. The highest BCUT2D eigenvalue weighted by Gasteiger charge is 2.44. The van der Waals surface area contributed by atoms with Crippen molar-refractivity contribution in [2.75, 3.05) is 6.61 Å². The second-order valence-corrected chi connectivity index (χ2v) is 6.51. The molecule has 1 saturated heterocycles. The van der Waals surface area contributed by atoms with Gasteiger partial charge in [0.05, 0.1) is 18.8 Å². The van der Waals surface area contributed by atoms with Gasteiger partial charge in [-0.25, -0.2) is 0 Å². The zero-order valence-electron chi connectivity index (χ0n) is 13.4. The van der Waals surface area contributed by atoms with Gasteiger partial charge in [-0.05, 0) is 62.5 Å². The van der Waals surface area contributed by atoms with Gasteiger partial charge in [0.25, 0.3) is 0 Å². The Balaban J connectivity index is 1.56. The lowest BCUT2D eigenvalue weighted by Crippen LogP contribution is -2.19. The molecule has 2 nitrogen and oxygen atoms in total. The van der Waals surface area contributed by atoms with E-state index in [1.165, 1.54) is 44.1 Å². The van der Waals surface area contributed by atoms with Gasteiger partial charge in [-0.1, -0.05) is 31.5 Å². The van der Waals surface area contributed by atoms with Crippen LogP contribution in [0.5, 0.6) is 5.75 Å². The van der Waals surface area contributed by atoms with Crippen molar-refractivity contribution in [1.82, 2.24) is 0 Å². The first-order valence-electron chi connectivity index (χ1n) is 8.70. The molecule has 116 valence electrons. The van der Waals surface area contributed by atoms with Crippen molar-refractivity contribution in [3.05, 3.63) is 29.8 Å². The molecule has 3 rings (SSSR count). The number of benzene rings is 1. The number of epoxide rings is 1. The predicted molar refractivity (Wildman–Crippen MR) is 85.9 cm³/mol. The van der Waals surface area contributed by atoms with Gasteiger partial charge in [-0.3, -0.25) is 0 Å². The SMILES string of the molecule is CCCC1OC1C1CCC(c2ccccc2OCC)CC1. The first-order chi connectivity index (χ1) is 10.3. The third-order valence-electron chi connectivity index (χ3n) is 5.09. The standard InChI is InChI=1S/C19H28O2/c1-3-7-18-19(21-18)15-12-10-14(11-13-15)16-8-5-6-9-17(16)20-4-2/h5-6,8-9,14-15,18-19H,3-4,7,10-13H2,1-2H3. The second-order valence-electron chi connectivity index (χ2n) is 6.51. The number of rotatable bonds is 6. The average molecular weight is 288 g/mol. The molecule has 1 aliphatic carbocycles. The van der Waals surface area contributed by atoms with E-state index in [0.717, 1.165) is 18.3 Å². The van der Waals surface area contributed by atoms with Gasteiger partial charge in [0.15, 0.2) is 0 Å². The number of para-hydroxylation sites is 1. The van der Waals surface area contributed by atoms with Crippen molar-refractivity contribution in [3.8, 4) is 5.75 Å². The molecule has 1 heterocycles. The van der Waals surface area contributed by atoms with E-state index in [1.54, 1.807) is 0 Å². The van der Waals surface area contributed by atoms with Crippen molar-refractivity contribution in [2.45, 2.75) is 70.5 Å². The fourth-order valence-corrected chi connectivity index (χ4v) is 3.95. The summed E-state index contributed by atoms with van der Waals surface area (Å²) in [5, 5.41) is 0. The molecule has 2 aliphatic rings. The molecule has 1 aliphatic heterocycles. The van der Waals surface area contributed by atoms with E-state index in [-0.39, 0.29) is 0 Å². The van der Waals surface area contributed by atoms with Crippen LogP contribution in [0.4, 0.5) is 0 Å². The maximum atomic E-state index is 5.88. The van der Waals surface area contributed by atoms with Crippen LogP contribution in [-0.4, -0.2) is 18.8 Å². The van der Waals surface area contributed by atoms with Crippen molar-refractivity contribution < 1.29 is 9.47 Å². The zero-order valence-corrected chi connectivity index (χ0v) is 13.4. The minimum absolute atomic E-state index is 0.576. The quantitative estimate of drug-likeness (QED) is 0.692. The Morgan fingerprint density at radius 1 is 1.10 bits per heavy atom. The fraction of sp³-hybridized carbons (Fsp3) is 0.684. The van der Waals surface area contributed by atoms with E-state index in [2.05, 4.69) is 38.1 Å². The summed E-state index contributed by atoms with van der Waals surface area (Å²) in [6.45, 7) is 5.06. The van der Waals surface area contributed by atoms with Crippen LogP contribution in [0, 0.1) is 5.92 Å². The molecule has 0 spiro atoms. The van der Waals surface area contributed by atoms with E-state index in [9.17, 15) is 0 Å². The molecule has 0 bridgehead atoms. The highest BCUT2D eigenvalue weighted by Crippen LogP contribution is 2.45. The largest absolute Gasteiger partial charge is 0.494 e. The van der Waals surface area contributed by atoms with Crippen molar-refractivity contribution >= 4 is 0 Å². The monoisotopic (exact) mass is 288 g/mol. The van der Waals surface area contributed by atoms with E-state index in [0.29, 0.717) is 18.1 Å². The molecule has 1 aromatic carbocycles. The molecule has 0 aromatic heterocycles. The van der Waals surface area contributed by atoms with Crippen LogP contribution in [0.2, 0.25) is 0 Å². The molecule has 2 atom stereocenters. The van der Waals surface area contributed by atoms with Crippen LogP contribution >= 0.6 is 0 Å². The van der Waals surface area contributed by atoms with Crippen molar-refractivity contribution in [2.24, 2.45) is 5.92 Å². The summed E-state index contributed by atoms with van der Waals surface area (Å²) in [4.78, 5) is 0. The second kappa shape index (κ2) is 6.83. The molecule has 2 heteroatoms. The van der Waals surface area contributed by atoms with E-state index >= 15 is 0 Å². The third kappa shape index (κ3) is 3.42. The van der Waals surface area contributed by atoms with Gasteiger partial charge in [0.2, 0.25) is 0 Å². The fourth-order valence-electron chi connectivity index (χ4n) is 3.95. The van der Waals surface area contributed by atoms with Gasteiger partial charge in [-0.2, -0.15) is 0 Å². The van der Waals surface area contributed by atoms with Gasteiger partial charge >= 0.3 is 0 Å². The third-order valence-corrected chi connectivity index (χ3v) is 5.09. The van der Waals surface area contributed by atoms with Crippen molar-refractivity contribution in [3.63, 3.8) is 0 Å². The van der Waals surface area contributed by atoms with Gasteiger partial charge in [0, 0.05) is 0 Å². The number of hydrogen-bond acceptors (Lipinski definition) is 2. The first kappa shape index (κ1) is 14.9. The van der Waals surface area contributed by atoms with Gasteiger partial charge in [0.1, 0.15) is 5.75 Å². The van der Waals surface area contributed by atoms with Crippen LogP contribution in [0.1, 0.15) is 63.9 Å². The summed E-state index contributed by atoms with van der Waals surface area (Å²) in [7, 11) is 0. The number of ether oxygens (including phenoxy) is 2. The first-order valence-corrected chi connectivity index (χ1v) is 8.70. The Bertz CT molecular complexity index is 449. The van der Waals surface area contributed by atoms with Gasteiger partial charge in [-0.15, -0.1) is 0 Å². The summed E-state index contributed by atoms with van der Waals surface area (Å²) in [6.07, 6.45) is 8.85. The minimum atomic E-state index is 0.576. The molecule has 0 radical (unpaired) electrons. The Labute approximate surface area is 128 Å². The molecule has 21 heavy (non-hydrogen) atoms. The van der Waals surface area contributed by atoms with Crippen LogP contribution < -0.4 is 4.74 Å². The normalized spacial score (nSPS) is 31.9. The lowest BCUT2D eigenvalue weighted by atomic mass is 9.76. The Hall–Kier alpha value is -1.02. The van der Waals surface area contributed by atoms with Crippen LogP contribution in [-0.2, 0) is 4.74 Å². The maximum Gasteiger partial charge on any atom is 0.122 e. The summed E-state index contributed by atoms with van der Waals surface area (Å²) in [5.41, 5.74) is 1.42. The molecule has 2 fully saturated rings. The zero-order chi connectivity index (χ0) is 14.7. The average Bonchev–Trinajstić information content (AvgIpc) is 3.28. The minimum Gasteiger partial charge on any atom is -0.494 e.